The van der Waals surface area contributed by atoms with Crippen LogP contribution in [0.15, 0.2) is 35.3 Å². The molecule has 1 aromatic heterocycles. The minimum atomic E-state index is -4.62. The summed E-state index contributed by atoms with van der Waals surface area (Å²) in [6.45, 7) is -0.341. The van der Waals surface area contributed by atoms with Gasteiger partial charge in [-0.3, -0.25) is 4.79 Å². The van der Waals surface area contributed by atoms with Crippen molar-refractivity contribution in [1.29, 1.82) is 0 Å². The number of alkyl halides is 3. The Morgan fingerprint density at radius 3 is 2.65 bits per heavy atom. The number of aromatic amines is 1. The Hall–Kier alpha value is -1.99. The van der Waals surface area contributed by atoms with Gasteiger partial charge in [-0.15, -0.1) is 0 Å². The van der Waals surface area contributed by atoms with Crippen LogP contribution in [0.4, 0.5) is 24.5 Å². The number of hydrogen-bond acceptors (Lipinski definition) is 3. The molecule has 3 N–H and O–H groups in total. The van der Waals surface area contributed by atoms with Crippen LogP contribution in [0.3, 0.4) is 0 Å². The van der Waals surface area contributed by atoms with Gasteiger partial charge in [0.25, 0.3) is 5.56 Å². The van der Waals surface area contributed by atoms with Gasteiger partial charge in [0, 0.05) is 35.1 Å². The molecule has 1 saturated carbocycles. The van der Waals surface area contributed by atoms with Crippen LogP contribution in [-0.4, -0.2) is 23.7 Å². The van der Waals surface area contributed by atoms with E-state index in [1.807, 2.05) is 0 Å². The Kier molecular flexibility index (Phi) is 4.04. The predicted molar refractivity (Wildman–Crippen MR) is 94.3 cm³/mol. The van der Waals surface area contributed by atoms with Gasteiger partial charge in [-0.05, 0) is 42.7 Å². The molecule has 26 heavy (non-hydrogen) atoms. The second-order valence-corrected chi connectivity index (χ2v) is 7.26. The monoisotopic (exact) mass is 383 g/mol. The topological polar surface area (TPSA) is 56.9 Å². The molecule has 2 aromatic rings. The molecule has 0 bridgehead atoms. The number of hydrogen-bond donors (Lipinski definition) is 3. The lowest BCUT2D eigenvalue weighted by Crippen LogP contribution is -2.55. The molecule has 4 rings (SSSR count). The Morgan fingerprint density at radius 1 is 1.23 bits per heavy atom. The summed E-state index contributed by atoms with van der Waals surface area (Å²) in [6, 6.07) is 5.72. The molecule has 1 aliphatic carbocycles. The van der Waals surface area contributed by atoms with E-state index < -0.39 is 17.2 Å². The highest BCUT2D eigenvalue weighted by molar-refractivity contribution is 6.30. The third-order valence-corrected chi connectivity index (χ3v) is 5.60. The number of fused-ring (bicyclic) bond motifs is 2. The quantitative estimate of drug-likeness (QED) is 0.748. The van der Waals surface area contributed by atoms with Gasteiger partial charge in [0.15, 0.2) is 0 Å². The van der Waals surface area contributed by atoms with Gasteiger partial charge in [-0.2, -0.15) is 13.2 Å². The Morgan fingerprint density at radius 2 is 2.00 bits per heavy atom. The summed E-state index contributed by atoms with van der Waals surface area (Å²) in [5, 5.41) is 6.12. The zero-order valence-corrected chi connectivity index (χ0v) is 14.5. The van der Waals surface area contributed by atoms with E-state index >= 15 is 0 Å². The maximum Gasteiger partial charge on any atom is 0.403 e. The van der Waals surface area contributed by atoms with E-state index in [0.717, 1.165) is 19.3 Å². The average molecular weight is 384 g/mol. The first kappa shape index (κ1) is 17.4. The molecule has 0 amide bonds. The molecule has 0 radical (unpaired) electrons. The van der Waals surface area contributed by atoms with E-state index in [1.54, 1.807) is 0 Å². The summed E-state index contributed by atoms with van der Waals surface area (Å²) in [5.74, 6) is 0. The van der Waals surface area contributed by atoms with Crippen molar-refractivity contribution in [3.63, 3.8) is 0 Å². The lowest BCUT2D eigenvalue weighted by Gasteiger charge is -2.43. The van der Waals surface area contributed by atoms with E-state index in [9.17, 15) is 18.0 Å². The Labute approximate surface area is 152 Å². The number of anilines is 2. The fourth-order valence-electron chi connectivity index (χ4n) is 3.72. The molecular formula is C18H17ClF3N3O. The van der Waals surface area contributed by atoms with Gasteiger partial charge in [-0.1, -0.05) is 18.0 Å². The third-order valence-electron chi connectivity index (χ3n) is 5.37. The normalized spacial score (nSPS) is 22.2. The van der Waals surface area contributed by atoms with E-state index in [2.05, 4.69) is 15.6 Å². The van der Waals surface area contributed by atoms with Crippen molar-refractivity contribution in [3.05, 3.63) is 57.0 Å². The molecule has 138 valence electrons. The SMILES string of the molecule is O=c1[nH]ccc2c1Nc1ccc(Cl)cc1C2(CNC1CCC1)C(F)(F)F. The van der Waals surface area contributed by atoms with Gasteiger partial charge >= 0.3 is 6.18 Å². The number of rotatable bonds is 3. The van der Waals surface area contributed by atoms with Crippen LogP contribution < -0.4 is 16.2 Å². The van der Waals surface area contributed by atoms with Crippen LogP contribution in [0.1, 0.15) is 30.4 Å². The first-order valence-corrected chi connectivity index (χ1v) is 8.80. The van der Waals surface area contributed by atoms with Crippen molar-refractivity contribution in [2.45, 2.75) is 36.9 Å². The molecule has 1 unspecified atom stereocenters. The first-order valence-electron chi connectivity index (χ1n) is 8.42. The molecule has 1 atom stereocenters. The summed E-state index contributed by atoms with van der Waals surface area (Å²) in [4.78, 5) is 14.7. The fourth-order valence-corrected chi connectivity index (χ4v) is 3.89. The van der Waals surface area contributed by atoms with Crippen molar-refractivity contribution < 1.29 is 13.2 Å². The molecule has 8 heteroatoms. The molecule has 1 aliphatic heterocycles. The Balaban J connectivity index is 1.97. The average Bonchev–Trinajstić information content (AvgIpc) is 2.52. The van der Waals surface area contributed by atoms with Crippen molar-refractivity contribution in [2.24, 2.45) is 0 Å². The lowest BCUT2D eigenvalue weighted by molar-refractivity contribution is -0.177. The van der Waals surface area contributed by atoms with Crippen molar-refractivity contribution in [3.8, 4) is 0 Å². The predicted octanol–water partition coefficient (Wildman–Crippen LogP) is 4.08. The maximum absolute atomic E-state index is 14.6. The number of nitrogens with one attached hydrogen (secondary N) is 3. The van der Waals surface area contributed by atoms with Crippen molar-refractivity contribution in [2.75, 3.05) is 11.9 Å². The summed E-state index contributed by atoms with van der Waals surface area (Å²) in [6.07, 6.45) is -0.638. The van der Waals surface area contributed by atoms with Crippen LogP contribution in [0.2, 0.25) is 5.02 Å². The minimum absolute atomic E-state index is 0.0300. The smallest absolute Gasteiger partial charge is 0.351 e. The second kappa shape index (κ2) is 6.03. The van der Waals surface area contributed by atoms with Gasteiger partial charge in [0.2, 0.25) is 0 Å². The van der Waals surface area contributed by atoms with Gasteiger partial charge < -0.3 is 15.6 Å². The summed E-state index contributed by atoms with van der Waals surface area (Å²) in [7, 11) is 0. The molecule has 0 spiro atoms. The number of benzene rings is 1. The van der Waals surface area contributed by atoms with Crippen molar-refractivity contribution in [1.82, 2.24) is 10.3 Å². The molecule has 0 saturated heterocycles. The summed E-state index contributed by atoms with van der Waals surface area (Å²) < 4.78 is 43.7. The van der Waals surface area contributed by atoms with Crippen LogP contribution >= 0.6 is 11.6 Å². The van der Waals surface area contributed by atoms with Crippen LogP contribution in [0, 0.1) is 0 Å². The number of aromatic nitrogens is 1. The maximum atomic E-state index is 14.6. The number of halogens is 4. The molecule has 1 aromatic carbocycles. The number of H-pyrrole nitrogens is 1. The molecule has 1 fully saturated rings. The summed E-state index contributed by atoms with van der Waals surface area (Å²) >= 11 is 6.03. The van der Waals surface area contributed by atoms with Crippen molar-refractivity contribution >= 4 is 23.0 Å². The second-order valence-electron chi connectivity index (χ2n) is 6.82. The van der Waals surface area contributed by atoms with Crippen LogP contribution in [-0.2, 0) is 5.41 Å². The number of pyridine rings is 1. The standard InChI is InChI=1S/C18H17ClF3N3O/c19-10-4-5-14-13(8-10)17(18(20,21)22,9-24-11-2-1-3-11)12-6-7-23-16(26)15(12)25-14/h4-8,11,24-25H,1-3,9H2,(H,23,26). The lowest BCUT2D eigenvalue weighted by atomic mass is 9.70. The highest BCUT2D eigenvalue weighted by atomic mass is 35.5. The van der Waals surface area contributed by atoms with Gasteiger partial charge in [0.1, 0.15) is 11.1 Å². The molecular weight excluding hydrogens is 367 g/mol. The van der Waals surface area contributed by atoms with E-state index in [1.165, 1.54) is 30.5 Å². The third kappa shape index (κ3) is 2.53. The van der Waals surface area contributed by atoms with E-state index in [-0.39, 0.29) is 40.1 Å². The minimum Gasteiger partial charge on any atom is -0.351 e. The highest BCUT2D eigenvalue weighted by Gasteiger charge is 2.60. The largest absolute Gasteiger partial charge is 0.403 e. The summed E-state index contributed by atoms with van der Waals surface area (Å²) in [5.41, 5.74) is -2.82. The van der Waals surface area contributed by atoms with E-state index in [4.69, 9.17) is 11.6 Å². The van der Waals surface area contributed by atoms with Crippen LogP contribution in [0.25, 0.3) is 0 Å². The van der Waals surface area contributed by atoms with Crippen LogP contribution in [0.5, 0.6) is 0 Å². The highest BCUT2D eigenvalue weighted by Crippen LogP contribution is 2.53. The molecule has 4 nitrogen and oxygen atoms in total. The molecule has 2 heterocycles. The van der Waals surface area contributed by atoms with E-state index in [0.29, 0.717) is 0 Å². The first-order chi connectivity index (χ1) is 12.3. The van der Waals surface area contributed by atoms with Gasteiger partial charge in [-0.25, -0.2) is 0 Å². The zero-order valence-electron chi connectivity index (χ0n) is 13.7. The van der Waals surface area contributed by atoms with Gasteiger partial charge in [0.05, 0.1) is 0 Å². The fraction of sp³-hybridized carbons (Fsp3) is 0.389. The zero-order chi connectivity index (χ0) is 18.5. The molecule has 2 aliphatic rings. The Bertz CT molecular complexity index is 907.